The highest BCUT2D eigenvalue weighted by Gasteiger charge is 2.54. The number of benzene rings is 1. The molecule has 5 aliphatic rings. The Kier molecular flexibility index (Phi) is 6.51. The molecule has 5 fully saturated rings. The van der Waals surface area contributed by atoms with E-state index in [9.17, 15) is 4.39 Å². The number of halogens is 3. The standard InChI is InChI=1S/C20H28FN3.2ClH/c21-16-3-1-14(2-4-16)18-13-24(17-5-9-22-10-6-17)19-15-7-11-23(12-8-15)20(18)19;;/h1-4,15,17-20,22H,5-13H2;2*1H/t18-,19+,20+;;/m0../s1. The number of rotatable bonds is 2. The molecular formula is C20H30Cl2FN3. The summed E-state index contributed by atoms with van der Waals surface area (Å²) >= 11 is 0. The Balaban J connectivity index is 0.000000980. The summed E-state index contributed by atoms with van der Waals surface area (Å²) in [5.74, 6) is 1.31. The second-order valence-electron chi connectivity index (χ2n) is 8.19. The zero-order valence-corrected chi connectivity index (χ0v) is 16.8. The third-order valence-corrected chi connectivity index (χ3v) is 7.11. The first-order valence-electron chi connectivity index (χ1n) is 9.77. The van der Waals surface area contributed by atoms with Crippen LogP contribution in [0.15, 0.2) is 24.3 Å². The quantitative estimate of drug-likeness (QED) is 0.819. The van der Waals surface area contributed by atoms with Gasteiger partial charge in [-0.05, 0) is 75.5 Å². The molecule has 0 aromatic heterocycles. The predicted molar refractivity (Wildman–Crippen MR) is 108 cm³/mol. The molecule has 5 heterocycles. The van der Waals surface area contributed by atoms with E-state index >= 15 is 0 Å². The molecule has 0 amide bonds. The molecule has 0 aliphatic carbocycles. The number of hydrogen-bond acceptors (Lipinski definition) is 3. The molecule has 0 spiro atoms. The second-order valence-corrected chi connectivity index (χ2v) is 8.19. The lowest BCUT2D eigenvalue weighted by molar-refractivity contribution is -0.0223. The number of piperidine rings is 4. The van der Waals surface area contributed by atoms with Gasteiger partial charge in [0.1, 0.15) is 5.82 Å². The molecule has 26 heavy (non-hydrogen) atoms. The summed E-state index contributed by atoms with van der Waals surface area (Å²) in [6.45, 7) is 6.02. The molecule has 1 aromatic carbocycles. The van der Waals surface area contributed by atoms with Crippen molar-refractivity contribution in [2.24, 2.45) is 5.92 Å². The normalized spacial score (nSPS) is 36.9. The minimum Gasteiger partial charge on any atom is -0.317 e. The van der Waals surface area contributed by atoms with Gasteiger partial charge < -0.3 is 5.32 Å². The monoisotopic (exact) mass is 401 g/mol. The molecule has 146 valence electrons. The van der Waals surface area contributed by atoms with E-state index in [1.54, 1.807) is 12.1 Å². The highest BCUT2D eigenvalue weighted by molar-refractivity contribution is 5.85. The fourth-order valence-corrected chi connectivity index (χ4v) is 6.01. The van der Waals surface area contributed by atoms with Crippen LogP contribution in [0.5, 0.6) is 0 Å². The zero-order chi connectivity index (χ0) is 16.1. The Morgan fingerprint density at radius 3 is 2.19 bits per heavy atom. The Morgan fingerprint density at radius 1 is 0.885 bits per heavy atom. The maximum Gasteiger partial charge on any atom is 0.123 e. The van der Waals surface area contributed by atoms with Crippen LogP contribution in [0.4, 0.5) is 4.39 Å². The van der Waals surface area contributed by atoms with E-state index in [1.165, 1.54) is 50.9 Å². The van der Waals surface area contributed by atoms with Gasteiger partial charge in [-0.3, -0.25) is 9.80 Å². The van der Waals surface area contributed by atoms with Gasteiger partial charge in [0.15, 0.2) is 0 Å². The van der Waals surface area contributed by atoms with E-state index in [0.29, 0.717) is 12.0 Å². The number of nitrogens with one attached hydrogen (secondary N) is 1. The minimum absolute atomic E-state index is 0. The maximum absolute atomic E-state index is 13.4. The third kappa shape index (κ3) is 3.40. The van der Waals surface area contributed by atoms with E-state index in [-0.39, 0.29) is 30.6 Å². The van der Waals surface area contributed by atoms with E-state index in [4.69, 9.17) is 0 Å². The first-order valence-corrected chi connectivity index (χ1v) is 9.77. The van der Waals surface area contributed by atoms with Crippen LogP contribution in [0.2, 0.25) is 0 Å². The van der Waals surface area contributed by atoms with Gasteiger partial charge in [0.05, 0.1) is 0 Å². The minimum atomic E-state index is -0.117. The van der Waals surface area contributed by atoms with Crippen molar-refractivity contribution in [3.63, 3.8) is 0 Å². The van der Waals surface area contributed by atoms with Crippen LogP contribution < -0.4 is 5.32 Å². The summed E-state index contributed by atoms with van der Waals surface area (Å²) in [5.41, 5.74) is 1.34. The van der Waals surface area contributed by atoms with Crippen molar-refractivity contribution >= 4 is 24.8 Å². The van der Waals surface area contributed by atoms with E-state index in [2.05, 4.69) is 15.1 Å². The van der Waals surface area contributed by atoms with E-state index in [1.807, 2.05) is 12.1 Å². The molecule has 6 heteroatoms. The average Bonchev–Trinajstić information content (AvgIpc) is 3.07. The molecule has 3 nitrogen and oxygen atoms in total. The highest BCUT2D eigenvalue weighted by Crippen LogP contribution is 2.47. The fourth-order valence-electron chi connectivity index (χ4n) is 6.01. The van der Waals surface area contributed by atoms with Crippen LogP contribution in [-0.2, 0) is 0 Å². The molecule has 2 bridgehead atoms. The Bertz CT molecular complexity index is 585. The second kappa shape index (κ2) is 8.32. The molecule has 1 N–H and O–H groups in total. The van der Waals surface area contributed by atoms with Gasteiger partial charge in [-0.15, -0.1) is 24.8 Å². The van der Waals surface area contributed by atoms with Crippen molar-refractivity contribution in [2.75, 3.05) is 32.7 Å². The van der Waals surface area contributed by atoms with Gasteiger partial charge >= 0.3 is 0 Å². The lowest BCUT2D eigenvalue weighted by Crippen LogP contribution is -2.61. The number of likely N-dealkylation sites (tertiary alicyclic amines) is 1. The molecule has 0 unspecified atom stereocenters. The lowest BCUT2D eigenvalue weighted by atomic mass is 9.75. The lowest BCUT2D eigenvalue weighted by Gasteiger charge is -2.52. The van der Waals surface area contributed by atoms with Crippen molar-refractivity contribution in [1.29, 1.82) is 0 Å². The Morgan fingerprint density at radius 2 is 1.54 bits per heavy atom. The molecule has 0 saturated carbocycles. The van der Waals surface area contributed by atoms with Gasteiger partial charge in [-0.1, -0.05) is 12.1 Å². The van der Waals surface area contributed by atoms with Gasteiger partial charge in [-0.2, -0.15) is 0 Å². The summed E-state index contributed by atoms with van der Waals surface area (Å²) in [6, 6.07) is 9.48. The maximum atomic E-state index is 13.4. The largest absolute Gasteiger partial charge is 0.317 e. The van der Waals surface area contributed by atoms with Gasteiger partial charge in [0.25, 0.3) is 0 Å². The molecule has 5 aliphatic heterocycles. The average molecular weight is 402 g/mol. The van der Waals surface area contributed by atoms with Crippen molar-refractivity contribution in [3.05, 3.63) is 35.6 Å². The topological polar surface area (TPSA) is 18.5 Å². The number of fused-ring (bicyclic) bond motifs is 2. The van der Waals surface area contributed by atoms with Gasteiger partial charge in [-0.25, -0.2) is 4.39 Å². The summed E-state index contributed by atoms with van der Waals surface area (Å²) in [7, 11) is 0. The van der Waals surface area contributed by atoms with Crippen LogP contribution >= 0.6 is 24.8 Å². The van der Waals surface area contributed by atoms with Crippen LogP contribution in [0.25, 0.3) is 0 Å². The smallest absolute Gasteiger partial charge is 0.123 e. The summed E-state index contributed by atoms with van der Waals surface area (Å²) < 4.78 is 13.4. The number of nitrogens with zero attached hydrogens (tertiary/aromatic N) is 2. The summed E-state index contributed by atoms with van der Waals surface area (Å²) in [4.78, 5) is 5.62. The molecule has 3 atom stereocenters. The third-order valence-electron chi connectivity index (χ3n) is 7.11. The number of hydrogen-bond donors (Lipinski definition) is 1. The summed E-state index contributed by atoms with van der Waals surface area (Å²) in [5, 5.41) is 3.51. The zero-order valence-electron chi connectivity index (χ0n) is 15.1. The molecular weight excluding hydrogens is 372 g/mol. The van der Waals surface area contributed by atoms with Crippen LogP contribution in [0.1, 0.15) is 37.2 Å². The first-order chi connectivity index (χ1) is 11.8. The predicted octanol–water partition coefficient (Wildman–Crippen LogP) is 3.28. The Labute approximate surface area is 168 Å². The van der Waals surface area contributed by atoms with Crippen LogP contribution in [-0.4, -0.2) is 60.6 Å². The summed E-state index contributed by atoms with van der Waals surface area (Å²) in [6.07, 6.45) is 5.32. The van der Waals surface area contributed by atoms with Crippen molar-refractivity contribution in [1.82, 2.24) is 15.1 Å². The van der Waals surface area contributed by atoms with Crippen LogP contribution in [0.3, 0.4) is 0 Å². The SMILES string of the molecule is Cl.Cl.Fc1ccc([C@@H]2CN(C3CCNCC3)[C@@H]3C4CCN(CC4)[C@@H]32)cc1. The molecule has 5 saturated heterocycles. The fraction of sp³-hybridized carbons (Fsp3) is 0.700. The molecule has 0 radical (unpaired) electrons. The van der Waals surface area contributed by atoms with Gasteiger partial charge in [0, 0.05) is 30.6 Å². The van der Waals surface area contributed by atoms with Crippen molar-refractivity contribution in [3.8, 4) is 0 Å². The van der Waals surface area contributed by atoms with Crippen molar-refractivity contribution in [2.45, 2.75) is 49.7 Å². The molecule has 1 aromatic rings. The Hall–Kier alpha value is -0.390. The van der Waals surface area contributed by atoms with E-state index < -0.39 is 0 Å². The van der Waals surface area contributed by atoms with Crippen LogP contribution in [0, 0.1) is 11.7 Å². The molecule has 6 rings (SSSR count). The first kappa shape index (κ1) is 20.3. The highest BCUT2D eigenvalue weighted by atomic mass is 35.5. The van der Waals surface area contributed by atoms with Crippen molar-refractivity contribution < 1.29 is 4.39 Å². The van der Waals surface area contributed by atoms with E-state index in [0.717, 1.165) is 31.1 Å². The van der Waals surface area contributed by atoms with Gasteiger partial charge in [0.2, 0.25) is 0 Å².